The van der Waals surface area contributed by atoms with Gasteiger partial charge in [0.25, 0.3) is 0 Å². The highest BCUT2D eigenvalue weighted by Gasteiger charge is 2.24. The standard InChI is InChI=1S/C22H25Cl2N3O2/c1-15-4-7-18(8-5-15)26-22(29)25-13-17-3-2-10-27(14-17)21(28)12-16-6-9-19(23)20(24)11-16/h4-9,11,17H,2-3,10,12-14H2,1H3,(H2,25,26,29). The number of benzene rings is 2. The van der Waals surface area contributed by atoms with Crippen molar-refractivity contribution >= 4 is 40.8 Å². The molecule has 1 aliphatic heterocycles. The van der Waals surface area contributed by atoms with Gasteiger partial charge in [-0.05, 0) is 55.5 Å². The van der Waals surface area contributed by atoms with Gasteiger partial charge in [-0.2, -0.15) is 0 Å². The van der Waals surface area contributed by atoms with Crippen LogP contribution >= 0.6 is 23.2 Å². The minimum Gasteiger partial charge on any atom is -0.342 e. The zero-order valence-electron chi connectivity index (χ0n) is 16.4. The molecule has 5 nitrogen and oxygen atoms in total. The van der Waals surface area contributed by atoms with Crippen molar-refractivity contribution in [1.82, 2.24) is 10.2 Å². The zero-order valence-corrected chi connectivity index (χ0v) is 17.9. The van der Waals surface area contributed by atoms with Crippen LogP contribution in [0.5, 0.6) is 0 Å². The minimum atomic E-state index is -0.229. The van der Waals surface area contributed by atoms with Crippen molar-refractivity contribution in [1.29, 1.82) is 0 Å². The third-order valence-corrected chi connectivity index (χ3v) is 5.81. The van der Waals surface area contributed by atoms with E-state index < -0.39 is 0 Å². The number of aryl methyl sites for hydroxylation is 1. The third-order valence-electron chi connectivity index (χ3n) is 5.07. The number of carbonyl (C=O) groups is 2. The van der Waals surface area contributed by atoms with Crippen molar-refractivity contribution in [2.45, 2.75) is 26.2 Å². The fourth-order valence-electron chi connectivity index (χ4n) is 3.44. The predicted octanol–water partition coefficient (Wildman–Crippen LogP) is 4.90. The van der Waals surface area contributed by atoms with Gasteiger partial charge in [-0.15, -0.1) is 0 Å². The van der Waals surface area contributed by atoms with Gasteiger partial charge in [-0.25, -0.2) is 4.79 Å². The maximum atomic E-state index is 12.7. The van der Waals surface area contributed by atoms with Gasteiger partial charge in [0, 0.05) is 25.3 Å². The van der Waals surface area contributed by atoms with Crippen molar-refractivity contribution in [3.05, 3.63) is 63.6 Å². The van der Waals surface area contributed by atoms with Crippen LogP contribution in [0.25, 0.3) is 0 Å². The fourth-order valence-corrected chi connectivity index (χ4v) is 3.76. The molecule has 2 aromatic rings. The highest BCUT2D eigenvalue weighted by atomic mass is 35.5. The fraction of sp³-hybridized carbons (Fsp3) is 0.364. The second kappa shape index (κ2) is 9.99. The molecule has 0 spiro atoms. The number of piperidine rings is 1. The van der Waals surface area contributed by atoms with Crippen molar-refractivity contribution in [3.63, 3.8) is 0 Å². The summed E-state index contributed by atoms with van der Waals surface area (Å²) in [6, 6.07) is 12.7. The van der Waals surface area contributed by atoms with E-state index in [1.165, 1.54) is 0 Å². The number of hydrogen-bond donors (Lipinski definition) is 2. The van der Waals surface area contributed by atoms with Crippen LogP contribution in [0.3, 0.4) is 0 Å². The number of nitrogens with zero attached hydrogens (tertiary/aromatic N) is 1. The molecule has 1 fully saturated rings. The first kappa shape index (κ1) is 21.5. The van der Waals surface area contributed by atoms with Crippen LogP contribution in [0.4, 0.5) is 10.5 Å². The average molecular weight is 434 g/mol. The average Bonchev–Trinajstić information content (AvgIpc) is 2.71. The number of carbonyl (C=O) groups excluding carboxylic acids is 2. The lowest BCUT2D eigenvalue weighted by molar-refractivity contribution is -0.132. The largest absolute Gasteiger partial charge is 0.342 e. The van der Waals surface area contributed by atoms with Crippen molar-refractivity contribution < 1.29 is 9.59 Å². The maximum absolute atomic E-state index is 12.7. The molecule has 154 valence electrons. The molecular formula is C22H25Cl2N3O2. The Balaban J connectivity index is 1.46. The summed E-state index contributed by atoms with van der Waals surface area (Å²) in [5, 5.41) is 6.69. The second-order valence-corrected chi connectivity index (χ2v) is 8.29. The van der Waals surface area contributed by atoms with Gasteiger partial charge in [0.2, 0.25) is 5.91 Å². The maximum Gasteiger partial charge on any atom is 0.319 e. The summed E-state index contributed by atoms with van der Waals surface area (Å²) in [4.78, 5) is 26.7. The molecule has 0 radical (unpaired) electrons. The van der Waals surface area contributed by atoms with Crippen LogP contribution in [-0.4, -0.2) is 36.5 Å². The summed E-state index contributed by atoms with van der Waals surface area (Å²) < 4.78 is 0. The Kier molecular flexibility index (Phi) is 7.40. The summed E-state index contributed by atoms with van der Waals surface area (Å²) in [6.07, 6.45) is 2.21. The van der Waals surface area contributed by atoms with Crippen LogP contribution in [0, 0.1) is 12.8 Å². The van der Waals surface area contributed by atoms with Gasteiger partial charge < -0.3 is 15.5 Å². The van der Waals surface area contributed by atoms with Crippen LogP contribution in [0.2, 0.25) is 10.0 Å². The lowest BCUT2D eigenvalue weighted by Gasteiger charge is -2.33. The molecule has 1 aliphatic rings. The first-order chi connectivity index (χ1) is 13.9. The molecule has 3 rings (SSSR count). The Morgan fingerprint density at radius 1 is 1.10 bits per heavy atom. The Labute approximate surface area is 181 Å². The van der Waals surface area contributed by atoms with Crippen molar-refractivity contribution in [2.75, 3.05) is 25.0 Å². The first-order valence-electron chi connectivity index (χ1n) is 9.74. The molecule has 0 bridgehead atoms. The number of urea groups is 1. The molecule has 1 unspecified atom stereocenters. The molecule has 0 aromatic heterocycles. The molecule has 29 heavy (non-hydrogen) atoms. The van der Waals surface area contributed by atoms with Gasteiger partial charge in [-0.3, -0.25) is 4.79 Å². The Morgan fingerprint density at radius 3 is 2.59 bits per heavy atom. The Hall–Kier alpha value is -2.24. The lowest BCUT2D eigenvalue weighted by Crippen LogP contribution is -2.44. The minimum absolute atomic E-state index is 0.0668. The SMILES string of the molecule is Cc1ccc(NC(=O)NCC2CCCN(C(=O)Cc3ccc(Cl)c(Cl)c3)C2)cc1. The van der Waals surface area contributed by atoms with E-state index in [2.05, 4.69) is 10.6 Å². The Morgan fingerprint density at radius 2 is 1.86 bits per heavy atom. The van der Waals surface area contributed by atoms with Gasteiger partial charge in [0.1, 0.15) is 0 Å². The number of hydrogen-bond acceptors (Lipinski definition) is 2. The van der Waals surface area contributed by atoms with Gasteiger partial charge >= 0.3 is 6.03 Å². The summed E-state index contributed by atoms with van der Waals surface area (Å²) in [6.45, 7) is 3.92. The predicted molar refractivity (Wildman–Crippen MR) is 118 cm³/mol. The van der Waals surface area contributed by atoms with Crippen LogP contribution < -0.4 is 10.6 Å². The smallest absolute Gasteiger partial charge is 0.319 e. The molecule has 2 aromatic carbocycles. The summed E-state index contributed by atoms with van der Waals surface area (Å²) in [5.41, 5.74) is 2.75. The second-order valence-electron chi connectivity index (χ2n) is 7.47. The molecule has 0 saturated carbocycles. The van der Waals surface area contributed by atoms with E-state index >= 15 is 0 Å². The molecule has 2 N–H and O–H groups in total. The highest BCUT2D eigenvalue weighted by Crippen LogP contribution is 2.24. The molecule has 1 atom stereocenters. The van der Waals surface area contributed by atoms with Crippen LogP contribution in [-0.2, 0) is 11.2 Å². The van der Waals surface area contributed by atoms with E-state index in [9.17, 15) is 9.59 Å². The van der Waals surface area contributed by atoms with Gasteiger partial charge in [0.15, 0.2) is 0 Å². The zero-order chi connectivity index (χ0) is 20.8. The molecule has 1 heterocycles. The topological polar surface area (TPSA) is 61.4 Å². The number of nitrogens with one attached hydrogen (secondary N) is 2. The van der Waals surface area contributed by atoms with E-state index in [1.807, 2.05) is 42.2 Å². The molecule has 7 heteroatoms. The van der Waals surface area contributed by atoms with Gasteiger partial charge in [-0.1, -0.05) is 47.0 Å². The molecular weight excluding hydrogens is 409 g/mol. The normalized spacial score (nSPS) is 16.4. The molecule has 1 saturated heterocycles. The van der Waals surface area contributed by atoms with Gasteiger partial charge in [0.05, 0.1) is 16.5 Å². The van der Waals surface area contributed by atoms with Crippen LogP contribution in [0.1, 0.15) is 24.0 Å². The number of halogens is 2. The molecule has 0 aliphatic carbocycles. The van der Waals surface area contributed by atoms with E-state index in [-0.39, 0.29) is 17.9 Å². The first-order valence-corrected chi connectivity index (χ1v) is 10.5. The van der Waals surface area contributed by atoms with E-state index in [4.69, 9.17) is 23.2 Å². The van der Waals surface area contributed by atoms with Crippen LogP contribution in [0.15, 0.2) is 42.5 Å². The quantitative estimate of drug-likeness (QED) is 0.703. The number of likely N-dealkylation sites (tertiary alicyclic amines) is 1. The van der Waals surface area contributed by atoms with E-state index in [0.717, 1.165) is 36.2 Å². The van der Waals surface area contributed by atoms with Crippen molar-refractivity contribution in [2.24, 2.45) is 5.92 Å². The highest BCUT2D eigenvalue weighted by molar-refractivity contribution is 6.42. The summed E-state index contributed by atoms with van der Waals surface area (Å²) >= 11 is 12.0. The monoisotopic (exact) mass is 433 g/mol. The molecule has 3 amide bonds. The van der Waals surface area contributed by atoms with Crippen molar-refractivity contribution in [3.8, 4) is 0 Å². The van der Waals surface area contributed by atoms with E-state index in [0.29, 0.717) is 29.6 Å². The Bertz CT molecular complexity index is 871. The number of anilines is 1. The van der Waals surface area contributed by atoms with E-state index in [1.54, 1.807) is 12.1 Å². The number of amides is 3. The lowest BCUT2D eigenvalue weighted by atomic mass is 9.97. The summed E-state index contributed by atoms with van der Waals surface area (Å²) in [7, 11) is 0. The third kappa shape index (κ3) is 6.38. The summed E-state index contributed by atoms with van der Waals surface area (Å²) in [5.74, 6) is 0.308. The number of rotatable bonds is 5.